The van der Waals surface area contributed by atoms with Crippen LogP contribution in [0.3, 0.4) is 0 Å². The molecule has 1 amide bonds. The van der Waals surface area contributed by atoms with E-state index in [4.69, 9.17) is 0 Å². The first-order chi connectivity index (χ1) is 11.8. The molecule has 0 N–H and O–H groups in total. The molecule has 2 aromatic heterocycles. The van der Waals surface area contributed by atoms with Gasteiger partial charge < -0.3 is 4.90 Å². The molecule has 3 aromatic rings. The molecule has 0 saturated carbocycles. The van der Waals surface area contributed by atoms with Crippen molar-refractivity contribution in [2.45, 2.75) is 30.8 Å². The van der Waals surface area contributed by atoms with E-state index in [1.165, 1.54) is 24.6 Å². The normalized spacial score (nSPS) is 15.8. The number of rotatable bonds is 3. The van der Waals surface area contributed by atoms with Crippen LogP contribution in [0.25, 0.3) is 16.6 Å². The Morgan fingerprint density at radius 3 is 2.62 bits per heavy atom. The molecule has 0 aliphatic carbocycles. The van der Waals surface area contributed by atoms with E-state index in [-0.39, 0.29) is 5.91 Å². The molecule has 0 spiro atoms. The summed E-state index contributed by atoms with van der Waals surface area (Å²) < 4.78 is 2.04. The minimum atomic E-state index is 0.207. The number of carbonyl (C=O) groups excluding carboxylic acids is 1. The molecule has 1 aliphatic rings. The highest BCUT2D eigenvalue weighted by Crippen LogP contribution is 2.23. The number of aromatic nitrogens is 3. The standard InChI is InChI=1S/C18H20N4OS/c23-17(21-11-5-1-2-6-12-21)13-24-18-20-19-16-10-9-14-7-3-4-8-15(14)22(16)18/h3-4,7-10H,1-2,5-6,11-13H2. The van der Waals surface area contributed by atoms with Gasteiger partial charge in [-0.3, -0.25) is 9.20 Å². The topological polar surface area (TPSA) is 50.5 Å². The average molecular weight is 340 g/mol. The molecule has 0 bridgehead atoms. The number of amides is 1. The highest BCUT2D eigenvalue weighted by Gasteiger charge is 2.17. The second kappa shape index (κ2) is 6.81. The van der Waals surface area contributed by atoms with Gasteiger partial charge in [0.25, 0.3) is 0 Å². The molecule has 24 heavy (non-hydrogen) atoms. The van der Waals surface area contributed by atoms with Crippen LogP contribution < -0.4 is 0 Å². The van der Waals surface area contributed by atoms with Crippen LogP contribution in [0.2, 0.25) is 0 Å². The summed E-state index contributed by atoms with van der Waals surface area (Å²) in [5, 5.41) is 10.5. The number of para-hydroxylation sites is 1. The van der Waals surface area contributed by atoms with E-state index < -0.39 is 0 Å². The zero-order chi connectivity index (χ0) is 16.4. The molecule has 1 fully saturated rings. The van der Waals surface area contributed by atoms with Gasteiger partial charge in [0, 0.05) is 13.1 Å². The minimum Gasteiger partial charge on any atom is -0.342 e. The van der Waals surface area contributed by atoms with Crippen molar-refractivity contribution in [2.75, 3.05) is 18.8 Å². The van der Waals surface area contributed by atoms with Gasteiger partial charge in [0.1, 0.15) is 0 Å². The van der Waals surface area contributed by atoms with E-state index in [1.807, 2.05) is 27.5 Å². The summed E-state index contributed by atoms with van der Waals surface area (Å²) in [5.74, 6) is 0.628. The predicted octanol–water partition coefficient (Wildman–Crippen LogP) is 3.38. The molecule has 3 heterocycles. The summed E-state index contributed by atoms with van der Waals surface area (Å²) in [6, 6.07) is 12.2. The van der Waals surface area contributed by atoms with Gasteiger partial charge in [0.2, 0.25) is 5.91 Å². The van der Waals surface area contributed by atoms with Crippen LogP contribution in [0.15, 0.2) is 41.6 Å². The number of hydrogen-bond acceptors (Lipinski definition) is 4. The van der Waals surface area contributed by atoms with Crippen molar-refractivity contribution in [1.29, 1.82) is 0 Å². The molecule has 0 unspecified atom stereocenters. The maximum atomic E-state index is 12.5. The Morgan fingerprint density at radius 1 is 1.00 bits per heavy atom. The Hall–Kier alpha value is -2.08. The van der Waals surface area contributed by atoms with E-state index in [9.17, 15) is 4.79 Å². The van der Waals surface area contributed by atoms with Crippen molar-refractivity contribution < 1.29 is 4.79 Å². The van der Waals surface area contributed by atoms with Gasteiger partial charge in [-0.15, -0.1) is 10.2 Å². The largest absolute Gasteiger partial charge is 0.342 e. The number of benzene rings is 1. The molecule has 1 aromatic carbocycles. The maximum absolute atomic E-state index is 12.5. The summed E-state index contributed by atoms with van der Waals surface area (Å²) in [6.07, 6.45) is 4.71. The third kappa shape index (κ3) is 2.98. The van der Waals surface area contributed by atoms with Crippen LogP contribution in [0.1, 0.15) is 25.7 Å². The lowest BCUT2D eigenvalue weighted by Crippen LogP contribution is -2.33. The second-order valence-corrected chi connectivity index (χ2v) is 7.09. The zero-order valence-corrected chi connectivity index (χ0v) is 14.3. The van der Waals surface area contributed by atoms with Crippen LogP contribution in [-0.2, 0) is 4.79 Å². The fourth-order valence-corrected chi connectivity index (χ4v) is 4.10. The SMILES string of the molecule is O=C(CSc1nnc2ccc3ccccc3n12)N1CCCCCC1. The number of fused-ring (bicyclic) bond motifs is 3. The average Bonchev–Trinajstić information content (AvgIpc) is 2.84. The van der Waals surface area contributed by atoms with Crippen LogP contribution in [0, 0.1) is 0 Å². The van der Waals surface area contributed by atoms with Gasteiger partial charge in [-0.2, -0.15) is 0 Å². The van der Waals surface area contributed by atoms with Crippen molar-refractivity contribution in [3.63, 3.8) is 0 Å². The Bertz CT molecular complexity index is 868. The van der Waals surface area contributed by atoms with Crippen molar-refractivity contribution in [3.8, 4) is 0 Å². The number of pyridine rings is 1. The minimum absolute atomic E-state index is 0.207. The van der Waals surface area contributed by atoms with Gasteiger partial charge in [-0.05, 0) is 36.4 Å². The first-order valence-corrected chi connectivity index (χ1v) is 9.45. The highest BCUT2D eigenvalue weighted by molar-refractivity contribution is 7.99. The predicted molar refractivity (Wildman–Crippen MR) is 96.3 cm³/mol. The van der Waals surface area contributed by atoms with Crippen molar-refractivity contribution in [1.82, 2.24) is 19.5 Å². The van der Waals surface area contributed by atoms with E-state index in [0.717, 1.165) is 47.6 Å². The lowest BCUT2D eigenvalue weighted by Gasteiger charge is -2.19. The number of carbonyl (C=O) groups is 1. The van der Waals surface area contributed by atoms with E-state index >= 15 is 0 Å². The Morgan fingerprint density at radius 2 is 1.79 bits per heavy atom. The van der Waals surface area contributed by atoms with Crippen molar-refractivity contribution >= 4 is 34.2 Å². The summed E-state index contributed by atoms with van der Waals surface area (Å²) in [6.45, 7) is 1.78. The fraction of sp³-hybridized carbons (Fsp3) is 0.389. The van der Waals surface area contributed by atoms with Crippen molar-refractivity contribution in [3.05, 3.63) is 36.4 Å². The van der Waals surface area contributed by atoms with Crippen molar-refractivity contribution in [2.24, 2.45) is 0 Å². The first-order valence-electron chi connectivity index (χ1n) is 8.46. The second-order valence-electron chi connectivity index (χ2n) is 6.15. The van der Waals surface area contributed by atoms with Crippen LogP contribution in [0.5, 0.6) is 0 Å². The monoisotopic (exact) mass is 340 g/mol. The van der Waals surface area contributed by atoms with E-state index in [2.05, 4.69) is 28.4 Å². The lowest BCUT2D eigenvalue weighted by molar-refractivity contribution is -0.128. The Kier molecular flexibility index (Phi) is 4.38. The molecule has 0 atom stereocenters. The quantitative estimate of drug-likeness (QED) is 0.686. The molecule has 1 aliphatic heterocycles. The summed E-state index contributed by atoms with van der Waals surface area (Å²) >= 11 is 1.48. The fourth-order valence-electron chi connectivity index (χ4n) is 3.24. The Balaban J connectivity index is 1.56. The Labute approximate surface area is 145 Å². The van der Waals surface area contributed by atoms with Gasteiger partial charge >= 0.3 is 0 Å². The molecule has 6 heteroatoms. The van der Waals surface area contributed by atoms with E-state index in [0.29, 0.717) is 5.75 Å². The van der Waals surface area contributed by atoms with E-state index in [1.54, 1.807) is 0 Å². The third-order valence-corrected chi connectivity index (χ3v) is 5.45. The van der Waals surface area contributed by atoms with Gasteiger partial charge in [-0.25, -0.2) is 0 Å². The molecule has 0 radical (unpaired) electrons. The molecule has 5 nitrogen and oxygen atoms in total. The molecule has 4 rings (SSSR count). The molecule has 1 saturated heterocycles. The molecule has 124 valence electrons. The lowest BCUT2D eigenvalue weighted by atomic mass is 10.2. The number of nitrogens with zero attached hydrogens (tertiary/aromatic N) is 4. The number of hydrogen-bond donors (Lipinski definition) is 0. The molecular weight excluding hydrogens is 320 g/mol. The number of likely N-dealkylation sites (tertiary alicyclic amines) is 1. The zero-order valence-electron chi connectivity index (χ0n) is 13.5. The smallest absolute Gasteiger partial charge is 0.233 e. The highest BCUT2D eigenvalue weighted by atomic mass is 32.2. The summed E-state index contributed by atoms with van der Waals surface area (Å²) in [4.78, 5) is 14.5. The van der Waals surface area contributed by atoms with Crippen LogP contribution in [-0.4, -0.2) is 44.2 Å². The molecular formula is C18H20N4OS. The first kappa shape index (κ1) is 15.4. The summed E-state index contributed by atoms with van der Waals surface area (Å²) in [5.41, 5.74) is 1.89. The van der Waals surface area contributed by atoms with Gasteiger partial charge in [0.15, 0.2) is 10.8 Å². The summed E-state index contributed by atoms with van der Waals surface area (Å²) in [7, 11) is 0. The maximum Gasteiger partial charge on any atom is 0.233 e. The number of thioether (sulfide) groups is 1. The van der Waals surface area contributed by atoms with Gasteiger partial charge in [-0.1, -0.05) is 42.8 Å². The van der Waals surface area contributed by atoms with Crippen LogP contribution in [0.4, 0.5) is 0 Å². The van der Waals surface area contributed by atoms with Crippen LogP contribution >= 0.6 is 11.8 Å². The third-order valence-electron chi connectivity index (χ3n) is 4.53. The van der Waals surface area contributed by atoms with Gasteiger partial charge in [0.05, 0.1) is 11.3 Å².